The van der Waals surface area contributed by atoms with Gasteiger partial charge in [-0.25, -0.2) is 0 Å². The molecule has 0 radical (unpaired) electrons. The van der Waals surface area contributed by atoms with E-state index in [1.165, 1.54) is 10.4 Å². The number of hydrogen-bond acceptors (Lipinski definition) is 3. The zero-order valence-electron chi connectivity index (χ0n) is 9.19. The first kappa shape index (κ1) is 10.4. The highest BCUT2D eigenvalue weighted by Crippen LogP contribution is 2.27. The van der Waals surface area contributed by atoms with Crippen molar-refractivity contribution >= 4 is 11.3 Å². The quantitative estimate of drug-likeness (QED) is 0.860. The Bertz CT molecular complexity index is 444. The monoisotopic (exact) mass is 221 g/mol. The average Bonchev–Trinajstić information content (AvgIpc) is 2.79. The first-order valence-corrected chi connectivity index (χ1v) is 5.81. The Balaban J connectivity index is 2.36. The number of nitrogens with zero attached hydrogens (tertiary/aromatic N) is 2. The normalized spacial score (nSPS) is 13.0. The van der Waals surface area contributed by atoms with Gasteiger partial charge in [0.25, 0.3) is 0 Å². The van der Waals surface area contributed by atoms with Gasteiger partial charge in [-0.1, -0.05) is 0 Å². The van der Waals surface area contributed by atoms with E-state index in [1.54, 1.807) is 11.3 Å². The van der Waals surface area contributed by atoms with E-state index in [1.807, 2.05) is 25.0 Å². The van der Waals surface area contributed by atoms with E-state index in [0.29, 0.717) is 0 Å². The Morgan fingerprint density at radius 1 is 1.47 bits per heavy atom. The molecule has 2 aromatic rings. The van der Waals surface area contributed by atoms with Gasteiger partial charge in [-0.15, -0.1) is 11.3 Å². The van der Waals surface area contributed by atoms with E-state index >= 15 is 0 Å². The van der Waals surface area contributed by atoms with Crippen molar-refractivity contribution < 1.29 is 0 Å². The lowest BCUT2D eigenvalue weighted by Gasteiger charge is -2.13. The Hall–Kier alpha value is -1.13. The molecule has 0 aromatic carbocycles. The van der Waals surface area contributed by atoms with Crippen LogP contribution in [0, 0.1) is 6.92 Å². The standard InChI is InChI=1S/C11H15N3S/c1-8-5-7-15-11(8)10(12-2)9-4-6-14(3)13-9/h4-7,10,12H,1-3H3. The number of nitrogens with one attached hydrogen (secondary N) is 1. The third-order valence-corrected chi connectivity index (χ3v) is 3.57. The Morgan fingerprint density at radius 2 is 2.27 bits per heavy atom. The summed E-state index contributed by atoms with van der Waals surface area (Å²) in [5.41, 5.74) is 2.40. The number of rotatable bonds is 3. The van der Waals surface area contributed by atoms with Gasteiger partial charge < -0.3 is 5.32 Å². The van der Waals surface area contributed by atoms with Gasteiger partial charge in [0.05, 0.1) is 11.7 Å². The van der Waals surface area contributed by atoms with Crippen molar-refractivity contribution in [1.82, 2.24) is 15.1 Å². The van der Waals surface area contributed by atoms with Crippen molar-refractivity contribution in [2.45, 2.75) is 13.0 Å². The van der Waals surface area contributed by atoms with Crippen LogP contribution in [0.5, 0.6) is 0 Å². The largest absolute Gasteiger partial charge is 0.307 e. The molecular formula is C11H15N3S. The number of hydrogen-bond donors (Lipinski definition) is 1. The molecule has 1 N–H and O–H groups in total. The van der Waals surface area contributed by atoms with Crippen molar-refractivity contribution in [3.05, 3.63) is 39.8 Å². The predicted molar refractivity (Wildman–Crippen MR) is 63.2 cm³/mol. The molecule has 0 saturated carbocycles. The fourth-order valence-corrected chi connectivity index (χ4v) is 2.73. The van der Waals surface area contributed by atoms with Crippen LogP contribution in [-0.4, -0.2) is 16.8 Å². The van der Waals surface area contributed by atoms with Crippen molar-refractivity contribution in [1.29, 1.82) is 0 Å². The van der Waals surface area contributed by atoms with Crippen LogP contribution in [-0.2, 0) is 7.05 Å². The van der Waals surface area contributed by atoms with Crippen molar-refractivity contribution in [3.8, 4) is 0 Å². The summed E-state index contributed by atoms with van der Waals surface area (Å²) in [6.07, 6.45) is 1.97. The van der Waals surface area contributed by atoms with E-state index in [0.717, 1.165) is 5.69 Å². The molecule has 4 heteroatoms. The van der Waals surface area contributed by atoms with Crippen LogP contribution in [0.2, 0.25) is 0 Å². The molecule has 2 heterocycles. The lowest BCUT2D eigenvalue weighted by atomic mass is 10.1. The Morgan fingerprint density at radius 3 is 2.73 bits per heavy atom. The fraction of sp³-hybridized carbons (Fsp3) is 0.364. The smallest absolute Gasteiger partial charge is 0.0863 e. The second kappa shape index (κ2) is 4.16. The summed E-state index contributed by atoms with van der Waals surface area (Å²) in [6, 6.07) is 4.42. The average molecular weight is 221 g/mol. The number of aryl methyl sites for hydroxylation is 2. The topological polar surface area (TPSA) is 29.9 Å². The summed E-state index contributed by atoms with van der Waals surface area (Å²) < 4.78 is 1.84. The second-order valence-electron chi connectivity index (χ2n) is 3.60. The number of thiophene rings is 1. The summed E-state index contributed by atoms with van der Waals surface area (Å²) in [7, 11) is 3.91. The summed E-state index contributed by atoms with van der Waals surface area (Å²) >= 11 is 1.77. The molecule has 3 nitrogen and oxygen atoms in total. The zero-order valence-corrected chi connectivity index (χ0v) is 10.0. The molecule has 80 valence electrons. The molecule has 1 atom stereocenters. The molecule has 0 amide bonds. The molecule has 0 aliphatic rings. The van der Waals surface area contributed by atoms with E-state index in [4.69, 9.17) is 0 Å². The van der Waals surface area contributed by atoms with Gasteiger partial charge in [-0.2, -0.15) is 5.10 Å². The van der Waals surface area contributed by atoms with Gasteiger partial charge in [0.15, 0.2) is 0 Å². The summed E-state index contributed by atoms with van der Waals surface area (Å²) in [5, 5.41) is 9.87. The highest BCUT2D eigenvalue weighted by Gasteiger charge is 2.17. The van der Waals surface area contributed by atoms with Crippen LogP contribution in [0.15, 0.2) is 23.7 Å². The predicted octanol–water partition coefficient (Wildman–Crippen LogP) is 2.10. The molecule has 0 spiro atoms. The molecule has 1 unspecified atom stereocenters. The van der Waals surface area contributed by atoms with Gasteiger partial charge in [0, 0.05) is 18.1 Å². The van der Waals surface area contributed by atoms with Crippen LogP contribution < -0.4 is 5.32 Å². The maximum Gasteiger partial charge on any atom is 0.0863 e. The molecule has 0 bridgehead atoms. The first-order valence-electron chi connectivity index (χ1n) is 4.93. The van der Waals surface area contributed by atoms with Gasteiger partial charge in [0.2, 0.25) is 0 Å². The van der Waals surface area contributed by atoms with Crippen molar-refractivity contribution in [2.75, 3.05) is 7.05 Å². The third kappa shape index (κ3) is 1.96. The van der Waals surface area contributed by atoms with Crippen molar-refractivity contribution in [2.24, 2.45) is 7.05 Å². The molecule has 0 aliphatic carbocycles. The van der Waals surface area contributed by atoms with Gasteiger partial charge in [-0.3, -0.25) is 4.68 Å². The number of aromatic nitrogens is 2. The minimum Gasteiger partial charge on any atom is -0.307 e. The van der Waals surface area contributed by atoms with Gasteiger partial charge in [-0.05, 0) is 37.0 Å². The molecule has 0 saturated heterocycles. The molecule has 0 fully saturated rings. The minimum absolute atomic E-state index is 0.214. The Labute approximate surface area is 93.7 Å². The van der Waals surface area contributed by atoms with Crippen LogP contribution in [0.25, 0.3) is 0 Å². The van der Waals surface area contributed by atoms with Crippen LogP contribution in [0.3, 0.4) is 0 Å². The highest BCUT2D eigenvalue weighted by molar-refractivity contribution is 7.10. The molecule has 0 aliphatic heterocycles. The molecule has 2 rings (SSSR count). The maximum absolute atomic E-state index is 4.44. The molecule has 15 heavy (non-hydrogen) atoms. The van der Waals surface area contributed by atoms with Crippen LogP contribution in [0.4, 0.5) is 0 Å². The van der Waals surface area contributed by atoms with E-state index in [2.05, 4.69) is 34.9 Å². The minimum atomic E-state index is 0.214. The SMILES string of the molecule is CNC(c1ccn(C)n1)c1sccc1C. The Kier molecular flexibility index (Phi) is 2.88. The van der Waals surface area contributed by atoms with Crippen LogP contribution >= 0.6 is 11.3 Å². The third-order valence-electron chi connectivity index (χ3n) is 2.48. The zero-order chi connectivity index (χ0) is 10.8. The lowest BCUT2D eigenvalue weighted by molar-refractivity contribution is 0.648. The molecule has 2 aromatic heterocycles. The first-order chi connectivity index (χ1) is 7.22. The summed E-state index contributed by atoms with van der Waals surface area (Å²) in [6.45, 7) is 2.14. The van der Waals surface area contributed by atoms with Gasteiger partial charge >= 0.3 is 0 Å². The maximum atomic E-state index is 4.44. The van der Waals surface area contributed by atoms with Crippen LogP contribution in [0.1, 0.15) is 22.2 Å². The highest BCUT2D eigenvalue weighted by atomic mass is 32.1. The van der Waals surface area contributed by atoms with Gasteiger partial charge in [0.1, 0.15) is 0 Å². The van der Waals surface area contributed by atoms with E-state index < -0.39 is 0 Å². The molecular weight excluding hydrogens is 206 g/mol. The fourth-order valence-electron chi connectivity index (χ4n) is 1.68. The summed E-state index contributed by atoms with van der Waals surface area (Å²) in [5.74, 6) is 0. The lowest BCUT2D eigenvalue weighted by Crippen LogP contribution is -2.18. The second-order valence-corrected chi connectivity index (χ2v) is 4.55. The summed E-state index contributed by atoms with van der Waals surface area (Å²) in [4.78, 5) is 1.34. The van der Waals surface area contributed by atoms with E-state index in [-0.39, 0.29) is 6.04 Å². The van der Waals surface area contributed by atoms with E-state index in [9.17, 15) is 0 Å². The van der Waals surface area contributed by atoms with Crippen molar-refractivity contribution in [3.63, 3.8) is 0 Å².